The Bertz CT molecular complexity index is 1570. The van der Waals surface area contributed by atoms with Crippen molar-refractivity contribution in [3.05, 3.63) is 71.5 Å². The second-order valence-corrected chi connectivity index (χ2v) is 8.71. The smallest absolute Gasteiger partial charge is 0.259 e. The second-order valence-electron chi connectivity index (χ2n) is 8.71. The van der Waals surface area contributed by atoms with Crippen LogP contribution in [0.1, 0.15) is 16.8 Å². The van der Waals surface area contributed by atoms with Gasteiger partial charge in [-0.3, -0.25) is 19.7 Å². The molecule has 2 aromatic heterocycles. The molecule has 2 aliphatic rings. The second kappa shape index (κ2) is 7.43. The van der Waals surface area contributed by atoms with Crippen LogP contribution in [-0.4, -0.2) is 44.8 Å². The zero-order valence-corrected chi connectivity index (χ0v) is 18.7. The molecule has 2 aromatic carbocycles. The van der Waals surface area contributed by atoms with Crippen molar-refractivity contribution in [1.29, 1.82) is 0 Å². The van der Waals surface area contributed by atoms with Gasteiger partial charge in [-0.15, -0.1) is 0 Å². The highest BCUT2D eigenvalue weighted by Gasteiger charge is 2.38. The average molecular weight is 454 g/mol. The summed E-state index contributed by atoms with van der Waals surface area (Å²) < 4.78 is 4.11. The maximum absolute atomic E-state index is 13.3. The first-order chi connectivity index (χ1) is 16.5. The molecule has 8 nitrogen and oxygen atoms in total. The molecule has 2 aliphatic heterocycles. The lowest BCUT2D eigenvalue weighted by Gasteiger charge is -2.29. The Hall–Kier alpha value is -4.17. The average Bonchev–Trinajstić information content (AvgIpc) is 3.46. The lowest BCUT2D eigenvalue weighted by molar-refractivity contribution is -0.131. The number of nitrogens with two attached hydrogens (primary N) is 1. The Kier molecular flexibility index (Phi) is 4.46. The molecule has 0 unspecified atom stereocenters. The number of nitrogens with zero attached hydrogens (tertiary/aromatic N) is 3. The highest BCUT2D eigenvalue weighted by atomic mass is 16.2. The first-order valence-corrected chi connectivity index (χ1v) is 11.2. The van der Waals surface area contributed by atoms with Gasteiger partial charge in [0.15, 0.2) is 0 Å². The van der Waals surface area contributed by atoms with Crippen molar-refractivity contribution in [2.75, 3.05) is 13.1 Å². The summed E-state index contributed by atoms with van der Waals surface area (Å²) in [4.78, 5) is 40.6. The van der Waals surface area contributed by atoms with Gasteiger partial charge in [-0.25, -0.2) is 0 Å². The van der Waals surface area contributed by atoms with Crippen LogP contribution in [-0.2, 0) is 34.5 Å². The molecular formula is C26H23N5O3. The third kappa shape index (κ3) is 2.78. The van der Waals surface area contributed by atoms with Crippen LogP contribution in [0.3, 0.4) is 0 Å². The number of amides is 3. The highest BCUT2D eigenvalue weighted by molar-refractivity contribution is 6.51. The van der Waals surface area contributed by atoms with E-state index in [1.165, 1.54) is 0 Å². The minimum absolute atomic E-state index is 0.0709. The number of hydrogen-bond acceptors (Lipinski definition) is 4. The van der Waals surface area contributed by atoms with E-state index in [9.17, 15) is 14.4 Å². The maximum atomic E-state index is 13.3. The van der Waals surface area contributed by atoms with E-state index >= 15 is 0 Å². The highest BCUT2D eigenvalue weighted by Crippen LogP contribution is 2.41. The van der Waals surface area contributed by atoms with E-state index < -0.39 is 11.8 Å². The topological polar surface area (TPSA) is 102 Å². The lowest BCUT2D eigenvalue weighted by Crippen LogP contribution is -2.41. The third-order valence-electron chi connectivity index (χ3n) is 6.89. The van der Waals surface area contributed by atoms with E-state index in [-0.39, 0.29) is 12.5 Å². The Morgan fingerprint density at radius 3 is 2.38 bits per heavy atom. The van der Waals surface area contributed by atoms with Crippen molar-refractivity contribution in [2.24, 2.45) is 12.8 Å². The molecule has 8 heteroatoms. The van der Waals surface area contributed by atoms with E-state index in [4.69, 9.17) is 5.73 Å². The fourth-order valence-electron chi connectivity index (χ4n) is 5.37. The van der Waals surface area contributed by atoms with E-state index in [1.54, 1.807) is 4.90 Å². The minimum atomic E-state index is -0.422. The number of fused-ring (bicyclic) bond motifs is 4. The van der Waals surface area contributed by atoms with Crippen LogP contribution >= 0.6 is 0 Å². The zero-order chi connectivity index (χ0) is 23.6. The van der Waals surface area contributed by atoms with Gasteiger partial charge in [-0.05, 0) is 12.1 Å². The number of aromatic nitrogens is 2. The quantitative estimate of drug-likeness (QED) is 0.463. The molecule has 3 amide bonds. The van der Waals surface area contributed by atoms with Crippen molar-refractivity contribution >= 4 is 50.7 Å². The largest absolute Gasteiger partial charge is 0.350 e. The summed E-state index contributed by atoms with van der Waals surface area (Å²) >= 11 is 0. The Morgan fingerprint density at radius 2 is 1.62 bits per heavy atom. The molecule has 0 saturated carbocycles. The van der Waals surface area contributed by atoms with Crippen LogP contribution in [0.2, 0.25) is 0 Å². The first kappa shape index (κ1) is 20.4. The summed E-state index contributed by atoms with van der Waals surface area (Å²) in [5.74, 6) is -0.974. The Morgan fingerprint density at radius 1 is 0.941 bits per heavy atom. The number of para-hydroxylation sites is 2. The van der Waals surface area contributed by atoms with Crippen molar-refractivity contribution in [2.45, 2.75) is 13.1 Å². The number of aryl methyl sites for hydroxylation is 1. The molecule has 3 N–H and O–H groups in total. The first-order valence-electron chi connectivity index (χ1n) is 11.2. The van der Waals surface area contributed by atoms with Crippen LogP contribution in [0.5, 0.6) is 0 Å². The zero-order valence-electron chi connectivity index (χ0n) is 18.7. The fourth-order valence-corrected chi connectivity index (χ4v) is 5.37. The molecule has 0 spiro atoms. The van der Waals surface area contributed by atoms with E-state index in [0.29, 0.717) is 41.9 Å². The Labute approximate surface area is 195 Å². The number of imide groups is 1. The molecule has 0 fully saturated rings. The molecule has 0 atom stereocenters. The molecule has 170 valence electrons. The number of benzene rings is 2. The van der Waals surface area contributed by atoms with Crippen molar-refractivity contribution in [3.8, 4) is 0 Å². The molecule has 34 heavy (non-hydrogen) atoms. The summed E-state index contributed by atoms with van der Waals surface area (Å²) in [7, 11) is 1.92. The molecule has 0 bridgehead atoms. The van der Waals surface area contributed by atoms with Gasteiger partial charge in [0.05, 0.1) is 24.2 Å². The Balaban J connectivity index is 1.67. The van der Waals surface area contributed by atoms with Crippen molar-refractivity contribution in [1.82, 2.24) is 19.4 Å². The van der Waals surface area contributed by atoms with Gasteiger partial charge < -0.3 is 19.8 Å². The minimum Gasteiger partial charge on any atom is -0.350 e. The molecule has 0 saturated heterocycles. The predicted molar refractivity (Wildman–Crippen MR) is 129 cm³/mol. The molecule has 0 radical (unpaired) electrons. The summed E-state index contributed by atoms with van der Waals surface area (Å²) in [5.41, 5.74) is 10.6. The molecule has 0 aliphatic carbocycles. The van der Waals surface area contributed by atoms with Gasteiger partial charge >= 0.3 is 0 Å². The van der Waals surface area contributed by atoms with Gasteiger partial charge in [-0.1, -0.05) is 36.4 Å². The van der Waals surface area contributed by atoms with Crippen molar-refractivity contribution < 1.29 is 14.4 Å². The number of carbonyl (C=O) groups excluding carboxylic acids is 3. The van der Waals surface area contributed by atoms with Crippen LogP contribution in [0.25, 0.3) is 33.0 Å². The summed E-state index contributed by atoms with van der Waals surface area (Å²) in [5, 5.41) is 4.31. The van der Waals surface area contributed by atoms with E-state index in [0.717, 1.165) is 27.5 Å². The van der Waals surface area contributed by atoms with Gasteiger partial charge in [-0.2, -0.15) is 0 Å². The maximum Gasteiger partial charge on any atom is 0.259 e. The predicted octanol–water partition coefficient (Wildman–Crippen LogP) is 2.00. The van der Waals surface area contributed by atoms with Crippen molar-refractivity contribution in [3.63, 3.8) is 0 Å². The standard InChI is InChI=1S/C26H23N5O3/c1-29-13-17(15-6-2-4-8-18(15)29)23-24(26(34)28-25(23)33)22-16-7-3-5-9-19(16)31-11-10-30(14-20(22)31)21(32)12-27/h2-9,13H,10-12,14,27H2,1H3,(H,28,33,34). The van der Waals surface area contributed by atoms with Crippen LogP contribution < -0.4 is 11.1 Å². The van der Waals surface area contributed by atoms with Crippen LogP contribution in [0.15, 0.2) is 54.7 Å². The molecule has 4 aromatic rings. The lowest BCUT2D eigenvalue weighted by atomic mass is 9.93. The van der Waals surface area contributed by atoms with Gasteiger partial charge in [0.2, 0.25) is 5.91 Å². The van der Waals surface area contributed by atoms with Gasteiger partial charge in [0, 0.05) is 65.0 Å². The molecule has 6 rings (SSSR count). The number of nitrogens with one attached hydrogen (secondary N) is 1. The fraction of sp³-hybridized carbons (Fsp3) is 0.192. The van der Waals surface area contributed by atoms with Gasteiger partial charge in [0.1, 0.15) is 0 Å². The monoisotopic (exact) mass is 453 g/mol. The van der Waals surface area contributed by atoms with Gasteiger partial charge in [0.25, 0.3) is 11.8 Å². The number of rotatable bonds is 3. The number of hydrogen-bond donors (Lipinski definition) is 2. The molecule has 4 heterocycles. The normalized spacial score (nSPS) is 16.0. The summed E-state index contributed by atoms with van der Waals surface area (Å²) in [6.07, 6.45) is 1.90. The van der Waals surface area contributed by atoms with Crippen LogP contribution in [0.4, 0.5) is 0 Å². The third-order valence-corrected chi connectivity index (χ3v) is 6.89. The summed E-state index contributed by atoms with van der Waals surface area (Å²) in [6.45, 7) is 1.39. The van der Waals surface area contributed by atoms with E-state index in [2.05, 4.69) is 9.88 Å². The summed E-state index contributed by atoms with van der Waals surface area (Å²) in [6, 6.07) is 15.7. The number of carbonyl (C=O) groups is 3. The SMILES string of the molecule is Cn1cc(C2=C(c3c4n(c5ccccc35)CCN(C(=O)CN)C4)C(=O)NC2=O)c2ccccc21. The molecular weight excluding hydrogens is 430 g/mol. The van der Waals surface area contributed by atoms with E-state index in [1.807, 2.05) is 66.3 Å². The van der Waals surface area contributed by atoms with Crippen LogP contribution in [0, 0.1) is 0 Å².